The van der Waals surface area contributed by atoms with Gasteiger partial charge in [0.25, 0.3) is 5.91 Å². The number of likely N-dealkylation sites (tertiary alicyclic amines) is 1. The van der Waals surface area contributed by atoms with E-state index in [0.717, 1.165) is 22.9 Å². The van der Waals surface area contributed by atoms with E-state index in [0.29, 0.717) is 18.8 Å². The number of nitrogens with zero attached hydrogens (tertiary/aromatic N) is 1. The normalized spacial score (nSPS) is 18.0. The number of rotatable bonds is 4. The van der Waals surface area contributed by atoms with Crippen LogP contribution in [0.4, 0.5) is 0 Å². The van der Waals surface area contributed by atoms with Gasteiger partial charge >= 0.3 is 0 Å². The lowest BCUT2D eigenvalue weighted by Gasteiger charge is -2.31. The average molecular weight is 370 g/mol. The summed E-state index contributed by atoms with van der Waals surface area (Å²) in [5.41, 5.74) is 3.26. The van der Waals surface area contributed by atoms with Gasteiger partial charge in [0.1, 0.15) is 5.75 Å². The van der Waals surface area contributed by atoms with Crippen LogP contribution in [0.15, 0.2) is 22.7 Å². The van der Waals surface area contributed by atoms with Crippen molar-refractivity contribution in [3.8, 4) is 5.75 Å². The van der Waals surface area contributed by atoms with Crippen LogP contribution in [0.1, 0.15) is 18.4 Å². The Bertz CT molecular complexity index is 565. The summed E-state index contributed by atoms with van der Waals surface area (Å²) in [6.07, 6.45) is 1.54. The molecule has 22 heavy (non-hydrogen) atoms. The summed E-state index contributed by atoms with van der Waals surface area (Å²) in [5.74, 6) is 5.20. The van der Waals surface area contributed by atoms with Crippen LogP contribution in [0.5, 0.6) is 5.75 Å². The van der Waals surface area contributed by atoms with Crippen LogP contribution in [0.3, 0.4) is 0 Å². The van der Waals surface area contributed by atoms with Crippen molar-refractivity contribution in [3.05, 3.63) is 28.2 Å². The van der Waals surface area contributed by atoms with Crippen molar-refractivity contribution in [3.63, 3.8) is 0 Å². The Morgan fingerprint density at radius 3 is 2.95 bits per heavy atom. The van der Waals surface area contributed by atoms with Crippen molar-refractivity contribution in [2.45, 2.75) is 19.8 Å². The average Bonchev–Trinajstić information content (AvgIpc) is 2.53. The Labute approximate surface area is 138 Å². The molecular weight excluding hydrogens is 350 g/mol. The molecular formula is C15H20BrN3O3. The lowest BCUT2D eigenvalue weighted by molar-refractivity contribution is -0.137. The molecule has 0 aliphatic carbocycles. The molecule has 0 bridgehead atoms. The van der Waals surface area contributed by atoms with Crippen molar-refractivity contribution in [2.75, 3.05) is 19.7 Å². The molecule has 0 radical (unpaired) electrons. The number of piperidine rings is 1. The van der Waals surface area contributed by atoms with E-state index in [-0.39, 0.29) is 24.3 Å². The van der Waals surface area contributed by atoms with E-state index in [2.05, 4.69) is 21.4 Å². The van der Waals surface area contributed by atoms with Crippen LogP contribution in [-0.4, -0.2) is 36.4 Å². The fourth-order valence-corrected chi connectivity index (χ4v) is 3.10. The Kier molecular flexibility index (Phi) is 5.79. The highest BCUT2D eigenvalue weighted by Gasteiger charge is 2.28. The van der Waals surface area contributed by atoms with Crippen molar-refractivity contribution >= 4 is 27.7 Å². The smallest absolute Gasteiger partial charge is 0.260 e. The van der Waals surface area contributed by atoms with Crippen molar-refractivity contribution in [2.24, 2.45) is 11.8 Å². The predicted octanol–water partition coefficient (Wildman–Crippen LogP) is 1.36. The van der Waals surface area contributed by atoms with Gasteiger partial charge in [-0.25, -0.2) is 5.84 Å². The first-order valence-electron chi connectivity index (χ1n) is 7.18. The zero-order valence-corrected chi connectivity index (χ0v) is 14.1. The number of nitrogens with two attached hydrogens (primary N) is 1. The summed E-state index contributed by atoms with van der Waals surface area (Å²) in [6.45, 7) is 2.97. The predicted molar refractivity (Wildman–Crippen MR) is 86.0 cm³/mol. The zero-order valence-electron chi connectivity index (χ0n) is 12.5. The maximum absolute atomic E-state index is 12.2. The van der Waals surface area contributed by atoms with E-state index in [1.54, 1.807) is 4.90 Å². The van der Waals surface area contributed by atoms with Gasteiger partial charge in [0.15, 0.2) is 6.61 Å². The van der Waals surface area contributed by atoms with Crippen LogP contribution in [0.2, 0.25) is 0 Å². The first kappa shape index (κ1) is 16.8. The third kappa shape index (κ3) is 4.20. The number of carbonyl (C=O) groups is 2. The Hall–Kier alpha value is -1.60. The van der Waals surface area contributed by atoms with Gasteiger partial charge in [-0.15, -0.1) is 0 Å². The molecule has 1 saturated heterocycles. The standard InChI is InChI=1S/C15H20BrN3O3/c1-10-4-5-13(12(16)7-10)22-9-14(20)19-6-2-3-11(8-19)15(21)18-17/h4-5,7,11H,2-3,6,8-9,17H2,1H3,(H,18,21). The van der Waals surface area contributed by atoms with Crippen LogP contribution < -0.4 is 16.0 Å². The molecule has 120 valence electrons. The molecule has 1 heterocycles. The molecule has 2 amide bonds. The molecule has 1 unspecified atom stereocenters. The van der Waals surface area contributed by atoms with Crippen LogP contribution in [0, 0.1) is 12.8 Å². The summed E-state index contributed by atoms with van der Waals surface area (Å²) >= 11 is 3.41. The van der Waals surface area contributed by atoms with E-state index in [1.807, 2.05) is 25.1 Å². The third-order valence-electron chi connectivity index (χ3n) is 3.73. The van der Waals surface area contributed by atoms with Crippen LogP contribution in [0.25, 0.3) is 0 Å². The summed E-state index contributed by atoms with van der Waals surface area (Å²) in [5, 5.41) is 0. The number of ether oxygens (including phenoxy) is 1. The van der Waals surface area contributed by atoms with E-state index >= 15 is 0 Å². The van der Waals surface area contributed by atoms with E-state index in [4.69, 9.17) is 10.6 Å². The van der Waals surface area contributed by atoms with E-state index in [9.17, 15) is 9.59 Å². The number of halogens is 1. The van der Waals surface area contributed by atoms with Crippen molar-refractivity contribution in [1.82, 2.24) is 10.3 Å². The van der Waals surface area contributed by atoms with Crippen molar-refractivity contribution < 1.29 is 14.3 Å². The van der Waals surface area contributed by atoms with Gasteiger partial charge in [-0.3, -0.25) is 15.0 Å². The van der Waals surface area contributed by atoms with Gasteiger partial charge in [-0.1, -0.05) is 6.07 Å². The molecule has 1 aromatic carbocycles. The van der Waals surface area contributed by atoms with Gasteiger partial charge in [0.2, 0.25) is 5.91 Å². The minimum Gasteiger partial charge on any atom is -0.483 e. The minimum atomic E-state index is -0.242. The molecule has 1 aliphatic rings. The number of benzene rings is 1. The largest absolute Gasteiger partial charge is 0.483 e. The summed E-state index contributed by atoms with van der Waals surface area (Å²) in [6, 6.07) is 5.68. The van der Waals surface area contributed by atoms with E-state index in [1.165, 1.54) is 0 Å². The number of amides is 2. The first-order chi connectivity index (χ1) is 10.5. The lowest BCUT2D eigenvalue weighted by Crippen LogP contribution is -2.48. The number of hydrogen-bond acceptors (Lipinski definition) is 4. The van der Waals surface area contributed by atoms with Crippen LogP contribution in [-0.2, 0) is 9.59 Å². The fraction of sp³-hybridized carbons (Fsp3) is 0.467. The zero-order chi connectivity index (χ0) is 16.1. The van der Waals surface area contributed by atoms with Crippen LogP contribution >= 0.6 is 15.9 Å². The first-order valence-corrected chi connectivity index (χ1v) is 7.97. The molecule has 2 rings (SSSR count). The highest BCUT2D eigenvalue weighted by Crippen LogP contribution is 2.26. The van der Waals surface area contributed by atoms with Gasteiger partial charge in [0.05, 0.1) is 10.4 Å². The molecule has 7 heteroatoms. The van der Waals surface area contributed by atoms with Gasteiger partial charge in [-0.2, -0.15) is 0 Å². The van der Waals surface area contributed by atoms with Gasteiger partial charge < -0.3 is 9.64 Å². The summed E-state index contributed by atoms with van der Waals surface area (Å²) < 4.78 is 6.38. The summed E-state index contributed by atoms with van der Waals surface area (Å²) in [4.78, 5) is 25.5. The Balaban J connectivity index is 1.90. The highest BCUT2D eigenvalue weighted by atomic mass is 79.9. The lowest BCUT2D eigenvalue weighted by atomic mass is 9.97. The number of hydrogen-bond donors (Lipinski definition) is 2. The molecule has 6 nitrogen and oxygen atoms in total. The molecule has 0 aromatic heterocycles. The number of nitrogens with one attached hydrogen (secondary N) is 1. The third-order valence-corrected chi connectivity index (χ3v) is 4.35. The molecule has 1 atom stereocenters. The number of hydrazine groups is 1. The fourth-order valence-electron chi connectivity index (χ4n) is 2.49. The maximum atomic E-state index is 12.2. The van der Waals surface area contributed by atoms with E-state index < -0.39 is 0 Å². The Morgan fingerprint density at radius 2 is 2.27 bits per heavy atom. The molecule has 1 fully saturated rings. The maximum Gasteiger partial charge on any atom is 0.260 e. The highest BCUT2D eigenvalue weighted by molar-refractivity contribution is 9.10. The number of carbonyl (C=O) groups excluding carboxylic acids is 2. The minimum absolute atomic E-state index is 0.0430. The molecule has 1 aliphatic heterocycles. The molecule has 1 aromatic rings. The van der Waals surface area contributed by atoms with Crippen molar-refractivity contribution in [1.29, 1.82) is 0 Å². The topological polar surface area (TPSA) is 84.7 Å². The second-order valence-corrected chi connectivity index (χ2v) is 6.26. The SMILES string of the molecule is Cc1ccc(OCC(=O)N2CCCC(C(=O)NN)C2)c(Br)c1. The summed E-state index contributed by atoms with van der Waals surface area (Å²) in [7, 11) is 0. The number of aryl methyl sites for hydroxylation is 1. The monoisotopic (exact) mass is 369 g/mol. The van der Waals surface area contributed by atoms with Gasteiger partial charge in [-0.05, 0) is 53.4 Å². The second kappa shape index (κ2) is 7.60. The van der Waals surface area contributed by atoms with Gasteiger partial charge in [0, 0.05) is 13.1 Å². The second-order valence-electron chi connectivity index (χ2n) is 5.41. The quantitative estimate of drug-likeness (QED) is 0.476. The molecule has 0 saturated carbocycles. The molecule has 0 spiro atoms. The molecule has 3 N–H and O–H groups in total. The Morgan fingerprint density at radius 1 is 1.50 bits per heavy atom.